The van der Waals surface area contributed by atoms with Crippen LogP contribution in [0.3, 0.4) is 0 Å². The molecule has 0 amide bonds. The molecule has 1 aliphatic heterocycles. The van der Waals surface area contributed by atoms with Crippen molar-refractivity contribution < 1.29 is 4.74 Å². The number of pyridine rings is 1. The third kappa shape index (κ3) is 2.74. The van der Waals surface area contributed by atoms with Gasteiger partial charge >= 0.3 is 0 Å². The standard InChI is InChI=1S/C10H12Cl2N2O/c11-8-4-13-5-9(12)10(8)14-3-7-1-2-15-6-7/h4-5,7H,1-3,6H2,(H,13,14). The van der Waals surface area contributed by atoms with E-state index in [1.54, 1.807) is 12.4 Å². The number of ether oxygens (including phenoxy) is 1. The summed E-state index contributed by atoms with van der Waals surface area (Å²) in [5, 5.41) is 4.35. The summed E-state index contributed by atoms with van der Waals surface area (Å²) in [5.74, 6) is 0.547. The van der Waals surface area contributed by atoms with Gasteiger partial charge in [-0.2, -0.15) is 0 Å². The summed E-state index contributed by atoms with van der Waals surface area (Å²) in [4.78, 5) is 3.90. The Morgan fingerprint density at radius 2 is 2.13 bits per heavy atom. The van der Waals surface area contributed by atoms with Gasteiger partial charge < -0.3 is 10.1 Å². The Morgan fingerprint density at radius 3 is 2.73 bits per heavy atom. The highest BCUT2D eigenvalue weighted by Gasteiger charge is 2.16. The molecule has 0 aliphatic carbocycles. The average molecular weight is 247 g/mol. The molecule has 0 radical (unpaired) electrons. The van der Waals surface area contributed by atoms with Gasteiger partial charge in [-0.15, -0.1) is 0 Å². The van der Waals surface area contributed by atoms with E-state index >= 15 is 0 Å². The second-order valence-electron chi connectivity index (χ2n) is 3.59. The van der Waals surface area contributed by atoms with Crippen molar-refractivity contribution in [2.75, 3.05) is 25.1 Å². The molecule has 2 rings (SSSR count). The molecule has 1 saturated heterocycles. The zero-order valence-electron chi connectivity index (χ0n) is 8.17. The number of anilines is 1. The molecule has 5 heteroatoms. The van der Waals surface area contributed by atoms with E-state index in [1.807, 2.05) is 0 Å². The topological polar surface area (TPSA) is 34.2 Å². The second kappa shape index (κ2) is 5.01. The van der Waals surface area contributed by atoms with Crippen molar-refractivity contribution in [2.24, 2.45) is 5.92 Å². The molecule has 1 N–H and O–H groups in total. The number of aromatic nitrogens is 1. The number of rotatable bonds is 3. The van der Waals surface area contributed by atoms with Gasteiger partial charge in [-0.25, -0.2) is 0 Å². The molecule has 2 heterocycles. The first kappa shape index (κ1) is 11.0. The SMILES string of the molecule is Clc1cncc(Cl)c1NCC1CCOC1. The Labute approximate surface area is 98.7 Å². The molecule has 1 unspecified atom stereocenters. The molecule has 15 heavy (non-hydrogen) atoms. The maximum absolute atomic E-state index is 5.97. The summed E-state index contributed by atoms with van der Waals surface area (Å²) in [7, 11) is 0. The lowest BCUT2D eigenvalue weighted by molar-refractivity contribution is 0.187. The average Bonchev–Trinajstić information content (AvgIpc) is 2.70. The van der Waals surface area contributed by atoms with Gasteiger partial charge in [0.05, 0.1) is 22.3 Å². The van der Waals surface area contributed by atoms with E-state index in [1.165, 1.54) is 0 Å². The first-order valence-corrected chi connectivity index (χ1v) is 5.63. The maximum Gasteiger partial charge on any atom is 0.0836 e. The Morgan fingerprint density at radius 1 is 1.40 bits per heavy atom. The quantitative estimate of drug-likeness (QED) is 0.891. The first-order valence-electron chi connectivity index (χ1n) is 4.88. The Hall–Kier alpha value is -0.510. The summed E-state index contributed by atoms with van der Waals surface area (Å²) in [6.45, 7) is 2.50. The molecular formula is C10H12Cl2N2O. The van der Waals surface area contributed by atoms with Crippen LogP contribution < -0.4 is 5.32 Å². The number of hydrogen-bond donors (Lipinski definition) is 1. The zero-order chi connectivity index (χ0) is 10.7. The molecule has 3 nitrogen and oxygen atoms in total. The minimum atomic E-state index is 0.547. The van der Waals surface area contributed by atoms with Crippen LogP contribution >= 0.6 is 23.2 Å². The van der Waals surface area contributed by atoms with Crippen LogP contribution in [-0.4, -0.2) is 24.7 Å². The van der Waals surface area contributed by atoms with Crippen molar-refractivity contribution in [2.45, 2.75) is 6.42 Å². The van der Waals surface area contributed by atoms with Gasteiger partial charge in [-0.1, -0.05) is 23.2 Å². The first-order chi connectivity index (χ1) is 7.27. The summed E-state index contributed by atoms with van der Waals surface area (Å²) in [5.41, 5.74) is 0.764. The van der Waals surface area contributed by atoms with Crippen LogP contribution in [0.2, 0.25) is 10.0 Å². The van der Waals surface area contributed by atoms with E-state index in [9.17, 15) is 0 Å². The van der Waals surface area contributed by atoms with Gasteiger partial charge in [0.15, 0.2) is 0 Å². The molecule has 0 aromatic carbocycles. The van der Waals surface area contributed by atoms with Crippen LogP contribution in [0.25, 0.3) is 0 Å². The van der Waals surface area contributed by atoms with Crippen LogP contribution in [0.5, 0.6) is 0 Å². The zero-order valence-corrected chi connectivity index (χ0v) is 9.68. The van der Waals surface area contributed by atoms with Crippen LogP contribution in [0.1, 0.15) is 6.42 Å². The van der Waals surface area contributed by atoms with Crippen molar-refractivity contribution in [1.82, 2.24) is 4.98 Å². The largest absolute Gasteiger partial charge is 0.382 e. The summed E-state index contributed by atoms with van der Waals surface area (Å²) in [6.07, 6.45) is 4.26. The fourth-order valence-corrected chi connectivity index (χ4v) is 2.07. The Balaban J connectivity index is 1.97. The molecule has 1 aromatic rings. The molecule has 1 atom stereocenters. The fraction of sp³-hybridized carbons (Fsp3) is 0.500. The number of nitrogens with zero attached hydrogens (tertiary/aromatic N) is 1. The van der Waals surface area contributed by atoms with Crippen molar-refractivity contribution in [1.29, 1.82) is 0 Å². The van der Waals surface area contributed by atoms with E-state index < -0.39 is 0 Å². The van der Waals surface area contributed by atoms with E-state index in [0.717, 1.165) is 31.9 Å². The molecular weight excluding hydrogens is 235 g/mol. The monoisotopic (exact) mass is 246 g/mol. The van der Waals surface area contributed by atoms with Crippen LogP contribution in [0.15, 0.2) is 12.4 Å². The molecule has 1 aliphatic rings. The highest BCUT2D eigenvalue weighted by atomic mass is 35.5. The van der Waals surface area contributed by atoms with Gasteiger partial charge in [-0.3, -0.25) is 4.98 Å². The normalized spacial score (nSPS) is 20.5. The van der Waals surface area contributed by atoms with E-state index in [0.29, 0.717) is 16.0 Å². The lowest BCUT2D eigenvalue weighted by atomic mass is 10.1. The highest BCUT2D eigenvalue weighted by Crippen LogP contribution is 2.29. The van der Waals surface area contributed by atoms with Gasteiger partial charge in [0.2, 0.25) is 0 Å². The van der Waals surface area contributed by atoms with E-state index in [4.69, 9.17) is 27.9 Å². The maximum atomic E-state index is 5.97. The molecule has 0 spiro atoms. The number of halogens is 2. The summed E-state index contributed by atoms with van der Waals surface area (Å²) >= 11 is 11.9. The number of nitrogens with one attached hydrogen (secondary N) is 1. The smallest absolute Gasteiger partial charge is 0.0836 e. The molecule has 82 valence electrons. The van der Waals surface area contributed by atoms with Crippen molar-refractivity contribution in [3.63, 3.8) is 0 Å². The third-order valence-electron chi connectivity index (χ3n) is 2.44. The Kier molecular flexibility index (Phi) is 3.67. The molecule has 0 saturated carbocycles. The van der Waals surface area contributed by atoms with Crippen molar-refractivity contribution in [3.05, 3.63) is 22.4 Å². The van der Waals surface area contributed by atoms with Gasteiger partial charge in [0, 0.05) is 31.5 Å². The predicted molar refractivity (Wildman–Crippen MR) is 61.7 cm³/mol. The molecule has 1 fully saturated rings. The molecule has 0 bridgehead atoms. The fourth-order valence-electron chi connectivity index (χ4n) is 1.57. The van der Waals surface area contributed by atoms with Crippen molar-refractivity contribution in [3.8, 4) is 0 Å². The number of hydrogen-bond acceptors (Lipinski definition) is 3. The van der Waals surface area contributed by atoms with Crippen LogP contribution in [0.4, 0.5) is 5.69 Å². The minimum Gasteiger partial charge on any atom is -0.382 e. The van der Waals surface area contributed by atoms with E-state index in [2.05, 4.69) is 10.3 Å². The van der Waals surface area contributed by atoms with Gasteiger partial charge in [-0.05, 0) is 6.42 Å². The summed E-state index contributed by atoms with van der Waals surface area (Å²) in [6, 6.07) is 0. The van der Waals surface area contributed by atoms with Gasteiger partial charge in [0.1, 0.15) is 0 Å². The minimum absolute atomic E-state index is 0.547. The summed E-state index contributed by atoms with van der Waals surface area (Å²) < 4.78 is 5.29. The second-order valence-corrected chi connectivity index (χ2v) is 4.40. The lowest BCUT2D eigenvalue weighted by Crippen LogP contribution is -2.14. The molecule has 1 aromatic heterocycles. The van der Waals surface area contributed by atoms with Crippen molar-refractivity contribution >= 4 is 28.9 Å². The Bertz CT molecular complexity index is 320. The predicted octanol–water partition coefficient (Wildman–Crippen LogP) is 2.84. The van der Waals surface area contributed by atoms with Crippen LogP contribution in [0, 0.1) is 5.92 Å². The van der Waals surface area contributed by atoms with Crippen LogP contribution in [-0.2, 0) is 4.74 Å². The van der Waals surface area contributed by atoms with Gasteiger partial charge in [0.25, 0.3) is 0 Å². The van der Waals surface area contributed by atoms with E-state index in [-0.39, 0.29) is 0 Å². The lowest BCUT2D eigenvalue weighted by Gasteiger charge is -2.12. The highest BCUT2D eigenvalue weighted by molar-refractivity contribution is 6.38. The third-order valence-corrected chi connectivity index (χ3v) is 3.02.